The summed E-state index contributed by atoms with van der Waals surface area (Å²) < 4.78 is 18.8. The monoisotopic (exact) mass is 372 g/mol. The fourth-order valence-corrected chi connectivity index (χ4v) is 5.74. The zero-order valence-electron chi connectivity index (χ0n) is 16.3. The van der Waals surface area contributed by atoms with E-state index < -0.39 is 0 Å². The molecule has 0 radical (unpaired) electrons. The summed E-state index contributed by atoms with van der Waals surface area (Å²) in [5.41, 5.74) is 2.78. The Labute approximate surface area is 161 Å². The number of hydrogen-bond donors (Lipinski definition) is 1. The van der Waals surface area contributed by atoms with Crippen molar-refractivity contribution in [2.45, 2.75) is 51.6 Å². The second-order valence-electron chi connectivity index (χ2n) is 9.09. The Bertz CT molecular complexity index is 716. The SMILES string of the molecule is C=C1CCC[C@]2(C)C[C@H]3OC(=O)[C@@H](C[NH2+]CCc4ccc(F)cc4)[C@H]3C[C@@H]12. The Morgan fingerprint density at radius 3 is 2.89 bits per heavy atom. The van der Waals surface area contributed by atoms with Crippen molar-refractivity contribution in [2.24, 2.45) is 23.2 Å². The zero-order chi connectivity index (χ0) is 19.0. The van der Waals surface area contributed by atoms with Gasteiger partial charge < -0.3 is 10.1 Å². The van der Waals surface area contributed by atoms with Gasteiger partial charge in [0, 0.05) is 12.3 Å². The van der Waals surface area contributed by atoms with Crippen molar-refractivity contribution in [1.82, 2.24) is 0 Å². The van der Waals surface area contributed by atoms with Gasteiger partial charge in [-0.05, 0) is 61.1 Å². The molecule has 3 aliphatic rings. The molecule has 0 spiro atoms. The van der Waals surface area contributed by atoms with Crippen LogP contribution in [-0.4, -0.2) is 25.2 Å². The third-order valence-corrected chi connectivity index (χ3v) is 7.29. The van der Waals surface area contributed by atoms with E-state index in [9.17, 15) is 9.18 Å². The van der Waals surface area contributed by atoms with Crippen LogP contribution < -0.4 is 5.32 Å². The standard InChI is InChI=1S/C23H30FNO2/c1-15-4-3-10-23(2)13-21-18(12-20(15)23)19(22(26)27-21)14-25-11-9-16-5-7-17(24)8-6-16/h5-8,18-21,25H,1,3-4,9-14H2,2H3/p+1/t18-,19+,20+,21-,23-/m1/s1. The van der Waals surface area contributed by atoms with E-state index >= 15 is 0 Å². The smallest absolute Gasteiger partial charge is 0.315 e. The topological polar surface area (TPSA) is 42.9 Å². The molecule has 146 valence electrons. The van der Waals surface area contributed by atoms with Crippen molar-refractivity contribution in [2.75, 3.05) is 13.1 Å². The maximum Gasteiger partial charge on any atom is 0.315 e. The van der Waals surface area contributed by atoms with Gasteiger partial charge in [-0.3, -0.25) is 4.79 Å². The fraction of sp³-hybridized carbons (Fsp3) is 0.609. The van der Waals surface area contributed by atoms with Crippen molar-refractivity contribution in [3.05, 3.63) is 47.8 Å². The molecule has 4 rings (SSSR count). The maximum absolute atomic E-state index is 13.0. The normalized spacial score (nSPS) is 35.5. The fourth-order valence-electron chi connectivity index (χ4n) is 5.74. The Morgan fingerprint density at radius 1 is 1.33 bits per heavy atom. The van der Waals surface area contributed by atoms with Crippen molar-refractivity contribution in [1.29, 1.82) is 0 Å². The molecule has 2 aliphatic carbocycles. The molecule has 1 aromatic carbocycles. The first-order valence-electron chi connectivity index (χ1n) is 10.4. The van der Waals surface area contributed by atoms with Crippen LogP contribution >= 0.6 is 0 Å². The molecule has 2 N–H and O–H groups in total. The lowest BCUT2D eigenvalue weighted by molar-refractivity contribution is -0.658. The number of nitrogens with two attached hydrogens (primary N) is 1. The largest absolute Gasteiger partial charge is 0.462 e. The van der Waals surface area contributed by atoms with Gasteiger partial charge in [-0.1, -0.05) is 31.2 Å². The molecule has 0 bridgehead atoms. The molecule has 0 aromatic heterocycles. The van der Waals surface area contributed by atoms with Gasteiger partial charge in [0.15, 0.2) is 0 Å². The Hall–Kier alpha value is -1.68. The van der Waals surface area contributed by atoms with Gasteiger partial charge in [0.1, 0.15) is 17.8 Å². The van der Waals surface area contributed by atoms with Gasteiger partial charge in [0.25, 0.3) is 0 Å². The number of halogens is 1. The second kappa shape index (κ2) is 7.38. The van der Waals surface area contributed by atoms with Crippen LogP contribution in [0.5, 0.6) is 0 Å². The van der Waals surface area contributed by atoms with Gasteiger partial charge in [-0.15, -0.1) is 0 Å². The van der Waals surface area contributed by atoms with E-state index in [1.54, 1.807) is 0 Å². The molecule has 5 atom stereocenters. The van der Waals surface area contributed by atoms with Gasteiger partial charge in [-0.2, -0.15) is 0 Å². The van der Waals surface area contributed by atoms with Crippen molar-refractivity contribution < 1.29 is 19.2 Å². The molecule has 3 nitrogen and oxygen atoms in total. The van der Waals surface area contributed by atoms with Crippen LogP contribution in [0.15, 0.2) is 36.4 Å². The predicted octanol–water partition coefficient (Wildman–Crippen LogP) is 3.25. The van der Waals surface area contributed by atoms with E-state index in [0.29, 0.717) is 11.8 Å². The van der Waals surface area contributed by atoms with E-state index in [2.05, 4.69) is 18.8 Å². The maximum atomic E-state index is 13.0. The molecule has 0 unspecified atom stereocenters. The van der Waals surface area contributed by atoms with Gasteiger partial charge >= 0.3 is 5.97 Å². The number of carbonyl (C=O) groups is 1. The first kappa shape index (κ1) is 18.7. The van der Waals surface area contributed by atoms with Crippen LogP contribution in [0.1, 0.15) is 44.6 Å². The van der Waals surface area contributed by atoms with Crippen molar-refractivity contribution in [3.8, 4) is 0 Å². The number of hydrogen-bond acceptors (Lipinski definition) is 2. The summed E-state index contributed by atoms with van der Waals surface area (Å²) in [6, 6.07) is 6.67. The van der Waals surface area contributed by atoms with Gasteiger partial charge in [0.05, 0.1) is 13.1 Å². The van der Waals surface area contributed by atoms with Crippen LogP contribution in [0.2, 0.25) is 0 Å². The minimum Gasteiger partial charge on any atom is -0.462 e. The minimum atomic E-state index is -0.198. The first-order chi connectivity index (χ1) is 13.0. The second-order valence-corrected chi connectivity index (χ2v) is 9.09. The zero-order valence-corrected chi connectivity index (χ0v) is 16.3. The van der Waals surface area contributed by atoms with Gasteiger partial charge in [-0.25, -0.2) is 4.39 Å². The lowest BCUT2D eigenvalue weighted by Crippen LogP contribution is -2.86. The minimum absolute atomic E-state index is 0.00231. The summed E-state index contributed by atoms with van der Waals surface area (Å²) >= 11 is 0. The highest BCUT2D eigenvalue weighted by Crippen LogP contribution is 2.56. The summed E-state index contributed by atoms with van der Waals surface area (Å²) in [6.45, 7) is 8.42. The third kappa shape index (κ3) is 3.69. The summed E-state index contributed by atoms with van der Waals surface area (Å²) in [4.78, 5) is 12.5. The van der Waals surface area contributed by atoms with Crippen LogP contribution in [0.25, 0.3) is 0 Å². The van der Waals surface area contributed by atoms with Crippen LogP contribution in [0.3, 0.4) is 0 Å². The van der Waals surface area contributed by atoms with Crippen molar-refractivity contribution >= 4 is 5.97 Å². The highest BCUT2D eigenvalue weighted by molar-refractivity contribution is 5.75. The van der Waals surface area contributed by atoms with E-state index in [-0.39, 0.29) is 29.2 Å². The average Bonchev–Trinajstić information content (AvgIpc) is 2.92. The molecule has 1 aromatic rings. The van der Waals surface area contributed by atoms with E-state index in [0.717, 1.165) is 44.3 Å². The summed E-state index contributed by atoms with van der Waals surface area (Å²) in [5, 5.41) is 2.22. The molecule has 27 heavy (non-hydrogen) atoms. The molecule has 1 heterocycles. The number of ether oxygens (including phenoxy) is 1. The Balaban J connectivity index is 1.34. The predicted molar refractivity (Wildman–Crippen MR) is 102 cm³/mol. The Morgan fingerprint density at radius 2 is 2.11 bits per heavy atom. The quantitative estimate of drug-likeness (QED) is 0.490. The number of benzene rings is 1. The molecule has 0 amide bonds. The molecule has 4 heteroatoms. The molecule has 3 fully saturated rings. The summed E-state index contributed by atoms with van der Waals surface area (Å²) in [6.07, 6.45) is 6.62. The van der Waals surface area contributed by atoms with Crippen LogP contribution in [-0.2, 0) is 16.0 Å². The van der Waals surface area contributed by atoms with E-state index in [4.69, 9.17) is 4.74 Å². The lowest BCUT2D eigenvalue weighted by atomic mass is 9.55. The summed E-state index contributed by atoms with van der Waals surface area (Å²) in [5.74, 6) is 0.686. The van der Waals surface area contributed by atoms with Crippen LogP contribution in [0.4, 0.5) is 4.39 Å². The average molecular weight is 373 g/mol. The highest BCUT2D eigenvalue weighted by atomic mass is 19.1. The molecule has 1 saturated heterocycles. The molecular formula is C23H31FNO2+. The van der Waals surface area contributed by atoms with E-state index in [1.807, 2.05) is 12.1 Å². The molecule has 1 aliphatic heterocycles. The number of quaternary nitrogens is 1. The number of esters is 1. The Kier molecular flexibility index (Phi) is 5.11. The number of rotatable bonds is 5. The van der Waals surface area contributed by atoms with Crippen molar-refractivity contribution in [3.63, 3.8) is 0 Å². The number of fused-ring (bicyclic) bond motifs is 2. The number of allylic oxidation sites excluding steroid dienone is 1. The van der Waals surface area contributed by atoms with E-state index in [1.165, 1.54) is 30.5 Å². The molecule has 2 saturated carbocycles. The summed E-state index contributed by atoms with van der Waals surface area (Å²) in [7, 11) is 0. The number of carbonyl (C=O) groups excluding carboxylic acids is 1. The van der Waals surface area contributed by atoms with Crippen LogP contribution in [0, 0.1) is 29.0 Å². The first-order valence-corrected chi connectivity index (χ1v) is 10.4. The van der Waals surface area contributed by atoms with Gasteiger partial charge in [0.2, 0.25) is 0 Å². The third-order valence-electron chi connectivity index (χ3n) is 7.29. The lowest BCUT2D eigenvalue weighted by Gasteiger charge is -2.49. The molecular weight excluding hydrogens is 341 g/mol. The highest BCUT2D eigenvalue weighted by Gasteiger charge is 2.55.